The van der Waals surface area contributed by atoms with Crippen molar-refractivity contribution in [2.24, 2.45) is 0 Å². The Labute approximate surface area is 429 Å². The lowest BCUT2D eigenvalue weighted by atomic mass is 10.0. The molecule has 0 radical (unpaired) electrons. The number of nitrogens with one attached hydrogen (secondary N) is 1. The standard InChI is InChI=1S/C63H117NO5/c1-3-5-7-9-11-13-15-16-17-18-19-20-21-22-23-24-26-29-32-36-39-43-47-51-55-61(66)60(59-65)64-62(67)56-52-48-44-40-37-33-30-27-25-28-31-34-38-42-46-50-54-58-69-63(68)57-53-49-45-41-35-14-12-10-8-6-4-2/h10,12,25,28,34,38,51,55,60-61,65-66H,3-9,11,13-24,26-27,29-33,35-37,39-50,52-54,56-59H2,1-2H3,(H,64,67)/b12-10-,28-25-,38-34-,55-51+. The van der Waals surface area contributed by atoms with E-state index in [1.54, 1.807) is 6.08 Å². The molecule has 0 fully saturated rings. The number of ether oxygens (including phenoxy) is 1. The predicted octanol–water partition coefficient (Wildman–Crippen LogP) is 19.0. The first kappa shape index (κ1) is 66.8. The Morgan fingerprint density at radius 1 is 0.406 bits per heavy atom. The molecule has 0 rings (SSSR count). The van der Waals surface area contributed by atoms with Crippen molar-refractivity contribution in [1.82, 2.24) is 5.32 Å². The largest absolute Gasteiger partial charge is 0.466 e. The number of aliphatic hydroxyl groups excluding tert-OH is 2. The Kier molecular flexibility index (Phi) is 56.5. The van der Waals surface area contributed by atoms with Crippen molar-refractivity contribution < 1.29 is 24.5 Å². The number of esters is 1. The van der Waals surface area contributed by atoms with Gasteiger partial charge in [-0.3, -0.25) is 9.59 Å². The molecule has 6 nitrogen and oxygen atoms in total. The van der Waals surface area contributed by atoms with Crippen LogP contribution >= 0.6 is 0 Å². The van der Waals surface area contributed by atoms with E-state index in [1.807, 2.05) is 6.08 Å². The SMILES string of the molecule is CCCC/C=C\CCCCCCCC(=O)OCCCCC/C=C\C/C=C\CCCCCCCCCC(=O)NC(CO)C(O)/C=C/CCCCCCCCCCCCCCCCCCCCCCCC. The molecule has 69 heavy (non-hydrogen) atoms. The molecule has 0 saturated heterocycles. The highest BCUT2D eigenvalue weighted by atomic mass is 16.5. The highest BCUT2D eigenvalue weighted by Crippen LogP contribution is 2.17. The zero-order chi connectivity index (χ0) is 50.0. The first-order valence-corrected chi connectivity index (χ1v) is 30.4. The summed E-state index contributed by atoms with van der Waals surface area (Å²) in [4.78, 5) is 24.5. The lowest BCUT2D eigenvalue weighted by molar-refractivity contribution is -0.143. The normalized spacial score (nSPS) is 12.9. The third-order valence-electron chi connectivity index (χ3n) is 13.8. The topological polar surface area (TPSA) is 95.9 Å². The van der Waals surface area contributed by atoms with Gasteiger partial charge in [0.25, 0.3) is 0 Å². The van der Waals surface area contributed by atoms with E-state index in [1.165, 1.54) is 205 Å². The molecule has 0 spiro atoms. The van der Waals surface area contributed by atoms with E-state index in [0.29, 0.717) is 19.4 Å². The summed E-state index contributed by atoms with van der Waals surface area (Å²) in [5, 5.41) is 23.2. The number of amides is 1. The highest BCUT2D eigenvalue weighted by molar-refractivity contribution is 5.76. The van der Waals surface area contributed by atoms with Gasteiger partial charge in [-0.2, -0.15) is 0 Å². The van der Waals surface area contributed by atoms with Crippen LogP contribution in [0, 0.1) is 0 Å². The van der Waals surface area contributed by atoms with E-state index in [2.05, 4.69) is 55.6 Å². The summed E-state index contributed by atoms with van der Waals surface area (Å²) in [6.45, 7) is 4.83. The second-order valence-electron chi connectivity index (χ2n) is 20.7. The van der Waals surface area contributed by atoms with Gasteiger partial charge in [0.15, 0.2) is 0 Å². The third-order valence-corrected chi connectivity index (χ3v) is 13.8. The van der Waals surface area contributed by atoms with Crippen LogP contribution in [0.1, 0.15) is 316 Å². The molecule has 6 heteroatoms. The maximum Gasteiger partial charge on any atom is 0.305 e. The first-order valence-electron chi connectivity index (χ1n) is 30.4. The van der Waals surface area contributed by atoms with Gasteiger partial charge in [-0.25, -0.2) is 0 Å². The van der Waals surface area contributed by atoms with Crippen LogP contribution in [0.2, 0.25) is 0 Å². The summed E-state index contributed by atoms with van der Waals surface area (Å²) >= 11 is 0. The van der Waals surface area contributed by atoms with Gasteiger partial charge < -0.3 is 20.3 Å². The van der Waals surface area contributed by atoms with Crippen molar-refractivity contribution in [3.8, 4) is 0 Å². The fourth-order valence-corrected chi connectivity index (χ4v) is 9.12. The molecule has 0 saturated carbocycles. The number of aliphatic hydroxyl groups is 2. The van der Waals surface area contributed by atoms with Gasteiger partial charge >= 0.3 is 5.97 Å². The quantitative estimate of drug-likeness (QED) is 0.0321. The van der Waals surface area contributed by atoms with Gasteiger partial charge in [-0.05, 0) is 89.9 Å². The molecule has 0 aliphatic heterocycles. The van der Waals surface area contributed by atoms with Crippen molar-refractivity contribution in [1.29, 1.82) is 0 Å². The number of allylic oxidation sites excluding steroid dienone is 7. The van der Waals surface area contributed by atoms with Gasteiger partial charge in [0.1, 0.15) is 0 Å². The smallest absolute Gasteiger partial charge is 0.305 e. The summed E-state index contributed by atoms with van der Waals surface area (Å²) in [7, 11) is 0. The molecule has 0 aromatic rings. The number of carbonyl (C=O) groups is 2. The molecule has 0 heterocycles. The minimum atomic E-state index is -0.857. The van der Waals surface area contributed by atoms with Crippen molar-refractivity contribution in [2.45, 2.75) is 328 Å². The third kappa shape index (κ3) is 55.0. The molecular weight excluding hydrogens is 851 g/mol. The molecule has 0 aliphatic rings. The minimum Gasteiger partial charge on any atom is -0.466 e. The summed E-state index contributed by atoms with van der Waals surface area (Å²) in [6, 6.07) is -0.642. The van der Waals surface area contributed by atoms with Gasteiger partial charge in [0.05, 0.1) is 25.4 Å². The number of rotatable bonds is 56. The van der Waals surface area contributed by atoms with Crippen molar-refractivity contribution in [3.05, 3.63) is 48.6 Å². The molecule has 0 aromatic heterocycles. The second kappa shape index (κ2) is 58.4. The minimum absolute atomic E-state index is 0.0277. The van der Waals surface area contributed by atoms with Crippen LogP contribution in [0.4, 0.5) is 0 Å². The van der Waals surface area contributed by atoms with Crippen molar-refractivity contribution in [2.75, 3.05) is 13.2 Å². The van der Waals surface area contributed by atoms with Gasteiger partial charge in [-0.1, -0.05) is 262 Å². The summed E-state index contributed by atoms with van der Waals surface area (Å²) in [5.74, 6) is -0.110. The average Bonchev–Trinajstić information content (AvgIpc) is 3.35. The summed E-state index contributed by atoms with van der Waals surface area (Å²) in [6.07, 6.45) is 74.3. The van der Waals surface area contributed by atoms with Crippen LogP contribution < -0.4 is 5.32 Å². The van der Waals surface area contributed by atoms with Crippen LogP contribution in [0.5, 0.6) is 0 Å². The zero-order valence-electron chi connectivity index (χ0n) is 46.0. The molecule has 0 aromatic carbocycles. The van der Waals surface area contributed by atoms with Crippen molar-refractivity contribution in [3.63, 3.8) is 0 Å². The number of carbonyl (C=O) groups excluding carboxylic acids is 2. The lowest BCUT2D eigenvalue weighted by Gasteiger charge is -2.20. The zero-order valence-corrected chi connectivity index (χ0v) is 46.0. The van der Waals surface area contributed by atoms with Crippen LogP contribution in [-0.2, 0) is 14.3 Å². The van der Waals surface area contributed by atoms with Crippen LogP contribution in [0.15, 0.2) is 48.6 Å². The fraction of sp³-hybridized carbons (Fsp3) is 0.841. The molecule has 0 bridgehead atoms. The number of hydrogen-bond acceptors (Lipinski definition) is 5. The molecule has 2 unspecified atom stereocenters. The van der Waals surface area contributed by atoms with Crippen LogP contribution in [-0.4, -0.2) is 47.4 Å². The Hall–Kier alpha value is -2.18. The van der Waals surface area contributed by atoms with Gasteiger partial charge in [-0.15, -0.1) is 0 Å². The van der Waals surface area contributed by atoms with Crippen LogP contribution in [0.3, 0.4) is 0 Å². The maximum absolute atomic E-state index is 12.5. The molecule has 404 valence electrons. The van der Waals surface area contributed by atoms with Crippen molar-refractivity contribution >= 4 is 11.9 Å². The lowest BCUT2D eigenvalue weighted by Crippen LogP contribution is -2.45. The van der Waals surface area contributed by atoms with Crippen LogP contribution in [0.25, 0.3) is 0 Å². The monoisotopic (exact) mass is 968 g/mol. The molecule has 0 aliphatic carbocycles. The Morgan fingerprint density at radius 3 is 1.16 bits per heavy atom. The molecule has 2 atom stereocenters. The second-order valence-corrected chi connectivity index (χ2v) is 20.7. The van der Waals surface area contributed by atoms with E-state index in [-0.39, 0.29) is 18.5 Å². The van der Waals surface area contributed by atoms with E-state index in [0.717, 1.165) is 83.5 Å². The number of unbranched alkanes of at least 4 members (excludes halogenated alkanes) is 39. The van der Waals surface area contributed by atoms with E-state index in [9.17, 15) is 19.8 Å². The highest BCUT2D eigenvalue weighted by Gasteiger charge is 2.18. The summed E-state index contributed by atoms with van der Waals surface area (Å²) in [5.41, 5.74) is 0. The predicted molar refractivity (Wildman–Crippen MR) is 301 cm³/mol. The number of hydrogen-bond donors (Lipinski definition) is 3. The Balaban J connectivity index is 3.53. The maximum atomic E-state index is 12.5. The average molecular weight is 969 g/mol. The Bertz CT molecular complexity index is 1160. The van der Waals surface area contributed by atoms with E-state index in [4.69, 9.17) is 4.74 Å². The molecule has 1 amide bonds. The van der Waals surface area contributed by atoms with E-state index >= 15 is 0 Å². The van der Waals surface area contributed by atoms with E-state index < -0.39 is 12.1 Å². The molecule has 3 N–H and O–H groups in total. The first-order chi connectivity index (χ1) is 34.0. The fourth-order valence-electron chi connectivity index (χ4n) is 9.12. The van der Waals surface area contributed by atoms with Gasteiger partial charge in [0, 0.05) is 12.8 Å². The van der Waals surface area contributed by atoms with Gasteiger partial charge in [0.2, 0.25) is 5.91 Å². The summed E-state index contributed by atoms with van der Waals surface area (Å²) < 4.78 is 5.43. The Morgan fingerprint density at radius 2 is 0.739 bits per heavy atom. The molecular formula is C63H117NO5.